The molecule has 0 aliphatic carbocycles. The van der Waals surface area contributed by atoms with Crippen LogP contribution in [0.2, 0.25) is 0 Å². The summed E-state index contributed by atoms with van der Waals surface area (Å²) in [5, 5.41) is 21.1. The number of amides is 1. The molecule has 2 aromatic carbocycles. The lowest BCUT2D eigenvalue weighted by molar-refractivity contribution is -0.384. The first kappa shape index (κ1) is 21.3. The van der Waals surface area contributed by atoms with E-state index in [0.717, 1.165) is 30.6 Å². The molecule has 1 heterocycles. The number of nitro groups is 1. The van der Waals surface area contributed by atoms with Gasteiger partial charge in [-0.1, -0.05) is 11.6 Å². The van der Waals surface area contributed by atoms with Crippen molar-refractivity contribution in [3.05, 3.63) is 69.9 Å². The Labute approximate surface area is 175 Å². The van der Waals surface area contributed by atoms with Crippen LogP contribution in [0.3, 0.4) is 0 Å². The van der Waals surface area contributed by atoms with Gasteiger partial charge >= 0.3 is 0 Å². The summed E-state index contributed by atoms with van der Waals surface area (Å²) in [4.78, 5) is 25.4. The Balaban J connectivity index is 1.27. The van der Waals surface area contributed by atoms with Gasteiger partial charge in [0.2, 0.25) is 5.91 Å². The van der Waals surface area contributed by atoms with Gasteiger partial charge in [0.1, 0.15) is 0 Å². The lowest BCUT2D eigenvalue weighted by Crippen LogP contribution is -2.35. The number of anilines is 1. The van der Waals surface area contributed by atoms with E-state index in [1.165, 1.54) is 28.6 Å². The van der Waals surface area contributed by atoms with Crippen LogP contribution in [0, 0.1) is 17.0 Å². The summed E-state index contributed by atoms with van der Waals surface area (Å²) in [5.41, 5.74) is 4.51. The molecule has 0 fully saturated rings. The smallest absolute Gasteiger partial charge is 0.269 e. The van der Waals surface area contributed by atoms with Gasteiger partial charge < -0.3 is 20.9 Å². The van der Waals surface area contributed by atoms with Gasteiger partial charge in [0.05, 0.1) is 11.5 Å². The van der Waals surface area contributed by atoms with Crippen molar-refractivity contribution < 1.29 is 9.72 Å². The molecule has 4 N–H and O–H groups in total. The number of benzene rings is 2. The highest BCUT2D eigenvalue weighted by Crippen LogP contribution is 2.19. The van der Waals surface area contributed by atoms with Crippen molar-refractivity contribution in [2.45, 2.75) is 19.8 Å². The quantitative estimate of drug-likeness (QED) is 0.221. The number of fused-ring (bicyclic) bond motifs is 1. The van der Waals surface area contributed by atoms with Crippen molar-refractivity contribution >= 4 is 28.2 Å². The fraction of sp³-hybridized carbons (Fsp3) is 0.318. The second-order valence-corrected chi connectivity index (χ2v) is 7.22. The highest BCUT2D eigenvalue weighted by molar-refractivity contribution is 5.83. The Morgan fingerprint density at radius 2 is 1.90 bits per heavy atom. The van der Waals surface area contributed by atoms with Gasteiger partial charge in [0, 0.05) is 48.0 Å². The van der Waals surface area contributed by atoms with E-state index in [1.807, 2.05) is 6.20 Å². The maximum absolute atomic E-state index is 11.9. The van der Waals surface area contributed by atoms with Crippen LogP contribution in [-0.4, -0.2) is 42.0 Å². The van der Waals surface area contributed by atoms with Crippen molar-refractivity contribution in [1.29, 1.82) is 0 Å². The van der Waals surface area contributed by atoms with E-state index in [-0.39, 0.29) is 18.1 Å². The van der Waals surface area contributed by atoms with Gasteiger partial charge in [-0.05, 0) is 56.1 Å². The van der Waals surface area contributed by atoms with E-state index in [9.17, 15) is 14.9 Å². The Morgan fingerprint density at radius 3 is 2.67 bits per heavy atom. The summed E-state index contributed by atoms with van der Waals surface area (Å²) >= 11 is 0. The molecule has 0 bridgehead atoms. The molecule has 3 rings (SSSR count). The molecule has 0 aliphatic heterocycles. The third-order valence-electron chi connectivity index (χ3n) is 4.86. The summed E-state index contributed by atoms with van der Waals surface area (Å²) in [7, 11) is 0. The van der Waals surface area contributed by atoms with Gasteiger partial charge in [-0.3, -0.25) is 14.9 Å². The first-order valence-electron chi connectivity index (χ1n) is 10.1. The van der Waals surface area contributed by atoms with E-state index in [2.05, 4.69) is 46.1 Å². The average Bonchev–Trinajstić information content (AvgIpc) is 3.13. The molecular formula is C22H27N5O3. The molecule has 3 aromatic rings. The third kappa shape index (κ3) is 6.05. The predicted molar refractivity (Wildman–Crippen MR) is 119 cm³/mol. The third-order valence-corrected chi connectivity index (χ3v) is 4.86. The molecule has 8 heteroatoms. The van der Waals surface area contributed by atoms with Gasteiger partial charge in [0.25, 0.3) is 5.69 Å². The highest BCUT2D eigenvalue weighted by atomic mass is 16.6. The molecule has 158 valence electrons. The number of carbonyl (C=O) groups is 1. The largest absolute Gasteiger partial charge is 0.385 e. The monoisotopic (exact) mass is 409 g/mol. The molecule has 0 unspecified atom stereocenters. The van der Waals surface area contributed by atoms with Crippen molar-refractivity contribution in [1.82, 2.24) is 15.6 Å². The van der Waals surface area contributed by atoms with Crippen LogP contribution in [0.1, 0.15) is 17.5 Å². The van der Waals surface area contributed by atoms with Crippen LogP contribution in [0.15, 0.2) is 48.7 Å². The maximum atomic E-state index is 11.9. The molecule has 1 amide bonds. The lowest BCUT2D eigenvalue weighted by Gasteiger charge is -2.08. The number of hydrogen-bond acceptors (Lipinski definition) is 5. The number of rotatable bonds is 11. The van der Waals surface area contributed by atoms with Gasteiger partial charge in [-0.25, -0.2) is 0 Å². The van der Waals surface area contributed by atoms with Crippen LogP contribution in [-0.2, 0) is 11.2 Å². The zero-order valence-corrected chi connectivity index (χ0v) is 17.0. The number of nitrogens with zero attached hydrogens (tertiary/aromatic N) is 1. The highest BCUT2D eigenvalue weighted by Gasteiger charge is 2.05. The Hall–Kier alpha value is -3.39. The molecular weight excluding hydrogens is 382 g/mol. The summed E-state index contributed by atoms with van der Waals surface area (Å²) in [6, 6.07) is 12.6. The van der Waals surface area contributed by atoms with Crippen LogP contribution >= 0.6 is 0 Å². The normalized spacial score (nSPS) is 10.8. The number of hydrogen-bond donors (Lipinski definition) is 4. The number of nitrogens with one attached hydrogen (secondary N) is 4. The van der Waals surface area contributed by atoms with Crippen LogP contribution in [0.4, 0.5) is 11.4 Å². The number of aromatic nitrogens is 1. The van der Waals surface area contributed by atoms with Crippen molar-refractivity contribution in [2.75, 3.05) is 31.5 Å². The van der Waals surface area contributed by atoms with E-state index in [4.69, 9.17) is 0 Å². The zero-order chi connectivity index (χ0) is 21.3. The van der Waals surface area contributed by atoms with Gasteiger partial charge in [-0.2, -0.15) is 0 Å². The molecule has 0 saturated heterocycles. The predicted octanol–water partition coefficient (Wildman–Crippen LogP) is 3.14. The molecule has 0 saturated carbocycles. The average molecular weight is 409 g/mol. The second kappa shape index (κ2) is 10.4. The Morgan fingerprint density at radius 1 is 1.10 bits per heavy atom. The number of aromatic amines is 1. The van der Waals surface area contributed by atoms with Crippen LogP contribution < -0.4 is 16.0 Å². The summed E-state index contributed by atoms with van der Waals surface area (Å²) in [5.74, 6) is -0.0277. The first-order valence-corrected chi connectivity index (χ1v) is 10.1. The Kier molecular flexibility index (Phi) is 7.40. The number of non-ortho nitro benzene ring substituents is 1. The number of aryl methyl sites for hydroxylation is 1. The first-order chi connectivity index (χ1) is 14.5. The van der Waals surface area contributed by atoms with E-state index >= 15 is 0 Å². The van der Waals surface area contributed by atoms with Gasteiger partial charge in [0.15, 0.2) is 0 Å². The minimum Gasteiger partial charge on any atom is -0.385 e. The topological polar surface area (TPSA) is 112 Å². The number of nitro benzene ring substituents is 1. The minimum absolute atomic E-state index is 0.0277. The number of carbonyl (C=O) groups excluding carboxylic acids is 1. The molecule has 0 radical (unpaired) electrons. The Bertz CT molecular complexity index is 998. The summed E-state index contributed by atoms with van der Waals surface area (Å²) < 4.78 is 0. The van der Waals surface area contributed by atoms with Crippen molar-refractivity contribution in [3.8, 4) is 0 Å². The molecule has 0 atom stereocenters. The van der Waals surface area contributed by atoms with E-state index < -0.39 is 4.92 Å². The van der Waals surface area contributed by atoms with Crippen molar-refractivity contribution in [3.63, 3.8) is 0 Å². The molecule has 1 aromatic heterocycles. The maximum Gasteiger partial charge on any atom is 0.269 e. The van der Waals surface area contributed by atoms with Crippen LogP contribution in [0.5, 0.6) is 0 Å². The second-order valence-electron chi connectivity index (χ2n) is 7.22. The van der Waals surface area contributed by atoms with Gasteiger partial charge in [-0.15, -0.1) is 0 Å². The molecule has 30 heavy (non-hydrogen) atoms. The van der Waals surface area contributed by atoms with E-state index in [0.29, 0.717) is 13.1 Å². The van der Waals surface area contributed by atoms with Crippen LogP contribution in [0.25, 0.3) is 10.9 Å². The fourth-order valence-corrected chi connectivity index (χ4v) is 3.24. The fourth-order valence-electron chi connectivity index (χ4n) is 3.24. The lowest BCUT2D eigenvalue weighted by atomic mass is 10.1. The minimum atomic E-state index is -0.422. The standard InChI is InChI=1S/C22H27N5O3/c1-16-3-8-21-20(13-16)17(14-26-21)9-12-23-15-22(28)25-11-2-10-24-18-4-6-19(7-5-18)27(29)30/h3-8,13-14,23-24,26H,2,9-12,15H2,1H3,(H,25,28). The summed E-state index contributed by atoms with van der Waals surface area (Å²) in [6.07, 6.45) is 3.65. The number of H-pyrrole nitrogens is 1. The van der Waals surface area contributed by atoms with Crippen molar-refractivity contribution in [2.24, 2.45) is 0 Å². The molecule has 0 aliphatic rings. The molecule has 8 nitrogen and oxygen atoms in total. The SMILES string of the molecule is Cc1ccc2[nH]cc(CCNCC(=O)NCCCNc3ccc([N+](=O)[O-])cc3)c2c1. The summed E-state index contributed by atoms with van der Waals surface area (Å²) in [6.45, 7) is 4.35. The zero-order valence-electron chi connectivity index (χ0n) is 17.0. The van der Waals surface area contributed by atoms with E-state index in [1.54, 1.807) is 12.1 Å². The molecule has 0 spiro atoms.